The van der Waals surface area contributed by atoms with Crippen LogP contribution in [0.25, 0.3) is 5.57 Å². The van der Waals surface area contributed by atoms with Gasteiger partial charge in [-0.1, -0.05) is 12.1 Å². The molecule has 4 rings (SSSR count). The zero-order chi connectivity index (χ0) is 21.3. The Morgan fingerprint density at radius 2 is 1.87 bits per heavy atom. The van der Waals surface area contributed by atoms with E-state index in [1.807, 2.05) is 4.90 Å². The van der Waals surface area contributed by atoms with E-state index in [0.29, 0.717) is 19.0 Å². The average Bonchev–Trinajstić information content (AvgIpc) is 3.55. The highest BCUT2D eigenvalue weighted by Gasteiger charge is 2.29. The molecule has 2 aliphatic carbocycles. The summed E-state index contributed by atoms with van der Waals surface area (Å²) in [5.41, 5.74) is 10.7. The third kappa shape index (κ3) is 4.89. The molecule has 7 heteroatoms. The van der Waals surface area contributed by atoms with Crippen LogP contribution in [0.2, 0.25) is 0 Å². The van der Waals surface area contributed by atoms with E-state index in [-0.39, 0.29) is 11.8 Å². The fourth-order valence-electron chi connectivity index (χ4n) is 4.38. The van der Waals surface area contributed by atoms with Gasteiger partial charge in [0.05, 0.1) is 28.9 Å². The number of nitrogens with two attached hydrogens (primary N) is 1. The molecule has 0 spiro atoms. The molecule has 1 unspecified atom stereocenters. The van der Waals surface area contributed by atoms with Crippen molar-refractivity contribution in [1.82, 2.24) is 9.80 Å². The maximum absolute atomic E-state index is 12.0. The zero-order valence-electron chi connectivity index (χ0n) is 17.6. The summed E-state index contributed by atoms with van der Waals surface area (Å²) in [6.45, 7) is 2.47. The van der Waals surface area contributed by atoms with E-state index in [0.717, 1.165) is 60.5 Å². The quantitative estimate of drug-likeness (QED) is 0.484. The molecule has 1 atom stereocenters. The van der Waals surface area contributed by atoms with Gasteiger partial charge < -0.3 is 11.1 Å². The van der Waals surface area contributed by atoms with Gasteiger partial charge in [-0.25, -0.2) is 0 Å². The van der Waals surface area contributed by atoms with E-state index in [9.17, 15) is 9.59 Å². The third-order valence-electron chi connectivity index (χ3n) is 6.54. The number of carbonyl (C=O) groups excluding carboxylic acids is 2. The van der Waals surface area contributed by atoms with E-state index in [4.69, 9.17) is 5.73 Å². The van der Waals surface area contributed by atoms with Crippen LogP contribution in [-0.2, 0) is 9.59 Å². The van der Waals surface area contributed by atoms with Crippen molar-refractivity contribution in [2.45, 2.75) is 38.5 Å². The Kier molecular flexibility index (Phi) is 6.48. The predicted octanol–water partition coefficient (Wildman–Crippen LogP) is 3.73. The summed E-state index contributed by atoms with van der Waals surface area (Å²) in [7, 11) is 1.57. The molecule has 1 aromatic carbocycles. The number of hydrogen-bond acceptors (Lipinski definition) is 5. The number of nitrogen functional groups attached to an aromatic ring is 1. The van der Waals surface area contributed by atoms with Crippen LogP contribution >= 0.6 is 15.9 Å². The molecule has 2 amide bonds. The number of rotatable bonds is 6. The summed E-state index contributed by atoms with van der Waals surface area (Å²) in [6, 6.07) is 4.27. The van der Waals surface area contributed by atoms with Gasteiger partial charge in [0.25, 0.3) is 0 Å². The van der Waals surface area contributed by atoms with Crippen LogP contribution in [0, 0.1) is 11.8 Å². The first-order chi connectivity index (χ1) is 14.4. The molecule has 2 fully saturated rings. The lowest BCUT2D eigenvalue weighted by atomic mass is 9.99. The molecule has 3 N–H and O–H groups in total. The summed E-state index contributed by atoms with van der Waals surface area (Å²) in [4.78, 5) is 27.2. The maximum Gasteiger partial charge on any atom is 0.243 e. The SMILES string of the molecule is CN1C(=O)CN(CC2CC=C(c3ccc(NCC4CC4)c(N)c3Br)CCC2)CC1=O. The van der Waals surface area contributed by atoms with E-state index in [1.54, 1.807) is 7.05 Å². The van der Waals surface area contributed by atoms with Crippen molar-refractivity contribution in [2.24, 2.45) is 11.8 Å². The van der Waals surface area contributed by atoms with E-state index >= 15 is 0 Å². The lowest BCUT2D eigenvalue weighted by molar-refractivity contribution is -0.149. The van der Waals surface area contributed by atoms with Gasteiger partial charge in [-0.05, 0) is 83.5 Å². The fraction of sp³-hybridized carbons (Fsp3) is 0.565. The Bertz CT molecular complexity index is 847. The first kappa shape index (κ1) is 21.4. The van der Waals surface area contributed by atoms with Crippen molar-refractivity contribution in [3.8, 4) is 0 Å². The normalized spacial score (nSPS) is 23.3. The van der Waals surface area contributed by atoms with Crippen molar-refractivity contribution < 1.29 is 9.59 Å². The number of piperazine rings is 1. The molecule has 1 saturated carbocycles. The van der Waals surface area contributed by atoms with Crippen LogP contribution in [0.4, 0.5) is 11.4 Å². The smallest absolute Gasteiger partial charge is 0.243 e. The Morgan fingerprint density at radius 1 is 1.13 bits per heavy atom. The Morgan fingerprint density at radius 3 is 2.57 bits per heavy atom. The van der Waals surface area contributed by atoms with Crippen molar-refractivity contribution in [1.29, 1.82) is 0 Å². The minimum atomic E-state index is -0.106. The summed E-state index contributed by atoms with van der Waals surface area (Å²) in [5.74, 6) is 1.05. The van der Waals surface area contributed by atoms with Crippen LogP contribution in [0.3, 0.4) is 0 Å². The summed E-state index contributed by atoms with van der Waals surface area (Å²) >= 11 is 3.73. The zero-order valence-corrected chi connectivity index (χ0v) is 19.2. The fourth-order valence-corrected chi connectivity index (χ4v) is 4.98. The predicted molar refractivity (Wildman–Crippen MR) is 124 cm³/mol. The maximum atomic E-state index is 12.0. The molecule has 1 heterocycles. The van der Waals surface area contributed by atoms with Crippen LogP contribution in [0.5, 0.6) is 0 Å². The monoisotopic (exact) mass is 474 g/mol. The van der Waals surface area contributed by atoms with E-state index in [2.05, 4.69) is 39.5 Å². The lowest BCUT2D eigenvalue weighted by Gasteiger charge is -2.32. The number of benzene rings is 1. The number of imide groups is 1. The highest BCUT2D eigenvalue weighted by atomic mass is 79.9. The van der Waals surface area contributed by atoms with Crippen molar-refractivity contribution >= 4 is 44.7 Å². The van der Waals surface area contributed by atoms with Gasteiger partial charge in [-0.3, -0.25) is 19.4 Å². The highest BCUT2D eigenvalue weighted by Crippen LogP contribution is 2.39. The molecule has 30 heavy (non-hydrogen) atoms. The molecular weight excluding hydrogens is 444 g/mol. The largest absolute Gasteiger partial charge is 0.396 e. The second-order valence-corrected chi connectivity index (χ2v) is 9.75. The van der Waals surface area contributed by atoms with E-state index in [1.165, 1.54) is 28.9 Å². The number of hydrogen-bond donors (Lipinski definition) is 2. The molecule has 0 radical (unpaired) electrons. The van der Waals surface area contributed by atoms with Gasteiger partial charge in [-0.15, -0.1) is 0 Å². The molecule has 1 aliphatic heterocycles. The van der Waals surface area contributed by atoms with Gasteiger partial charge in [-0.2, -0.15) is 0 Å². The number of nitrogens with zero attached hydrogens (tertiary/aromatic N) is 2. The number of anilines is 2. The molecule has 6 nitrogen and oxygen atoms in total. The van der Waals surface area contributed by atoms with E-state index < -0.39 is 0 Å². The van der Waals surface area contributed by atoms with Crippen LogP contribution in [0.15, 0.2) is 22.7 Å². The van der Waals surface area contributed by atoms with Crippen molar-refractivity contribution in [3.63, 3.8) is 0 Å². The highest BCUT2D eigenvalue weighted by molar-refractivity contribution is 9.10. The van der Waals surface area contributed by atoms with Crippen LogP contribution in [0.1, 0.15) is 44.1 Å². The number of carbonyl (C=O) groups is 2. The number of nitrogens with one attached hydrogen (secondary N) is 1. The van der Waals surface area contributed by atoms with Crippen LogP contribution < -0.4 is 11.1 Å². The minimum Gasteiger partial charge on any atom is -0.396 e. The van der Waals surface area contributed by atoms with Gasteiger partial charge >= 0.3 is 0 Å². The van der Waals surface area contributed by atoms with Crippen LogP contribution in [-0.4, -0.2) is 54.8 Å². The average molecular weight is 475 g/mol. The minimum absolute atomic E-state index is 0.106. The lowest BCUT2D eigenvalue weighted by Crippen LogP contribution is -2.53. The standard InChI is InChI=1S/C23H31BrN4O2/c1-27-20(29)13-28(14-21(27)30)12-16-3-2-4-17(8-7-16)18-9-10-19(23(25)22(18)24)26-11-15-5-6-15/h8-10,15-16,26H,2-7,11-14,25H2,1H3. The summed E-state index contributed by atoms with van der Waals surface area (Å²) < 4.78 is 0.975. The summed E-state index contributed by atoms with van der Waals surface area (Å²) in [6.07, 6.45) is 9.13. The Labute approximate surface area is 187 Å². The van der Waals surface area contributed by atoms with Gasteiger partial charge in [0.15, 0.2) is 0 Å². The number of amides is 2. The third-order valence-corrected chi connectivity index (χ3v) is 7.40. The second kappa shape index (κ2) is 9.10. The van der Waals surface area contributed by atoms with Crippen molar-refractivity contribution in [3.05, 3.63) is 28.2 Å². The topological polar surface area (TPSA) is 78.7 Å². The molecular formula is C23H31BrN4O2. The molecule has 0 aromatic heterocycles. The van der Waals surface area contributed by atoms with Gasteiger partial charge in [0.2, 0.25) is 11.8 Å². The molecule has 0 bridgehead atoms. The first-order valence-corrected chi connectivity index (χ1v) is 11.7. The Balaban J connectivity index is 1.40. The van der Waals surface area contributed by atoms with Gasteiger partial charge in [0.1, 0.15) is 0 Å². The number of allylic oxidation sites excluding steroid dienone is 2. The Hall–Kier alpha value is -1.86. The van der Waals surface area contributed by atoms with Crippen molar-refractivity contribution in [2.75, 3.05) is 44.3 Å². The number of halogens is 1. The second-order valence-electron chi connectivity index (χ2n) is 8.95. The molecule has 1 aromatic rings. The summed E-state index contributed by atoms with van der Waals surface area (Å²) in [5, 5.41) is 3.48. The number of likely N-dealkylation sites (N-methyl/N-ethyl adjacent to an activating group) is 1. The first-order valence-electron chi connectivity index (χ1n) is 11.0. The van der Waals surface area contributed by atoms with Gasteiger partial charge in [0, 0.05) is 20.1 Å². The molecule has 162 valence electrons. The molecule has 1 saturated heterocycles. The molecule has 3 aliphatic rings.